The normalized spacial score (nSPS) is 17.7. The zero-order valence-electron chi connectivity index (χ0n) is 25.0. The van der Waals surface area contributed by atoms with E-state index < -0.39 is 23.2 Å². The molecule has 2 atom stereocenters. The summed E-state index contributed by atoms with van der Waals surface area (Å²) in [7, 11) is 1.52. The number of benzene rings is 2. The number of hydrogen-bond acceptors (Lipinski definition) is 8. The summed E-state index contributed by atoms with van der Waals surface area (Å²) < 4.78 is 32.0. The summed E-state index contributed by atoms with van der Waals surface area (Å²) in [5.74, 6) is -0.660. The molecule has 2 aromatic carbocycles. The van der Waals surface area contributed by atoms with Gasteiger partial charge >= 0.3 is 0 Å². The fraction of sp³-hybridized carbons (Fsp3) is 0.265. The molecule has 2 amide bonds. The minimum absolute atomic E-state index is 0.0257. The maximum absolute atomic E-state index is 14.5. The largest absolute Gasteiger partial charge is 0.494 e. The van der Waals surface area contributed by atoms with Gasteiger partial charge in [0.15, 0.2) is 17.0 Å². The first-order valence-electron chi connectivity index (χ1n) is 14.8. The number of ether oxygens (including phenoxy) is 2. The van der Waals surface area contributed by atoms with Crippen LogP contribution in [0.25, 0.3) is 22.4 Å². The summed E-state index contributed by atoms with van der Waals surface area (Å²) in [4.78, 5) is 39.5. The maximum Gasteiger partial charge on any atom is 0.251 e. The third-order valence-corrected chi connectivity index (χ3v) is 9.01. The van der Waals surface area contributed by atoms with Crippen molar-refractivity contribution < 1.29 is 27.9 Å². The lowest BCUT2D eigenvalue weighted by molar-refractivity contribution is -0.123. The van der Waals surface area contributed by atoms with Gasteiger partial charge in [0.1, 0.15) is 34.2 Å². The van der Waals surface area contributed by atoms with Crippen LogP contribution in [0.2, 0.25) is 5.02 Å². The summed E-state index contributed by atoms with van der Waals surface area (Å²) in [5.41, 5.74) is 8.36. The Hall–Kier alpha value is -5.03. The topological polar surface area (TPSA) is 142 Å². The van der Waals surface area contributed by atoms with Crippen LogP contribution >= 0.6 is 11.6 Å². The molecule has 0 bridgehead atoms. The SMILES string of the molecule is COc1cc(C(=O)NC[C@@H](c2ccccc2)c2cc3c(c(-c4ccnc(F)c4Cl)n2)OC[C@]3(C)C(N)=O)cc2oc(C3CC3)nc12. The van der Waals surface area contributed by atoms with Crippen LogP contribution in [0, 0.1) is 5.95 Å². The van der Waals surface area contributed by atoms with Gasteiger partial charge in [0, 0.05) is 41.3 Å². The van der Waals surface area contributed by atoms with Crippen LogP contribution in [-0.4, -0.2) is 47.0 Å². The number of rotatable bonds is 9. The van der Waals surface area contributed by atoms with Gasteiger partial charge in [0.05, 0.1) is 12.8 Å². The van der Waals surface area contributed by atoms with E-state index in [1.165, 1.54) is 19.4 Å². The van der Waals surface area contributed by atoms with Gasteiger partial charge in [-0.15, -0.1) is 0 Å². The molecule has 4 heterocycles. The number of amides is 2. The number of nitrogens with zero attached hydrogens (tertiary/aromatic N) is 3. The van der Waals surface area contributed by atoms with Crippen molar-refractivity contribution >= 4 is 34.5 Å². The molecule has 0 saturated heterocycles. The number of carbonyl (C=O) groups excluding carboxylic acids is 2. The molecule has 3 aromatic heterocycles. The number of carbonyl (C=O) groups is 2. The molecule has 5 aromatic rings. The molecule has 46 heavy (non-hydrogen) atoms. The Balaban J connectivity index is 1.29. The third kappa shape index (κ3) is 5.10. The Labute approximate surface area is 268 Å². The number of fused-ring (bicyclic) bond motifs is 2. The summed E-state index contributed by atoms with van der Waals surface area (Å²) in [6.45, 7) is 1.78. The van der Waals surface area contributed by atoms with Crippen molar-refractivity contribution in [2.24, 2.45) is 5.73 Å². The van der Waals surface area contributed by atoms with Gasteiger partial charge in [0.25, 0.3) is 5.91 Å². The molecule has 1 fully saturated rings. The average molecular weight is 642 g/mol. The average Bonchev–Trinajstić information content (AvgIpc) is 3.73. The molecule has 0 radical (unpaired) electrons. The molecule has 1 saturated carbocycles. The molecular formula is C34H29ClFN5O5. The van der Waals surface area contributed by atoms with Crippen LogP contribution in [0.1, 0.15) is 64.7 Å². The van der Waals surface area contributed by atoms with Crippen molar-refractivity contribution in [3.8, 4) is 22.8 Å². The zero-order chi connectivity index (χ0) is 32.2. The van der Waals surface area contributed by atoms with Crippen LogP contribution in [0.4, 0.5) is 4.39 Å². The molecule has 0 unspecified atom stereocenters. The van der Waals surface area contributed by atoms with E-state index in [-0.39, 0.29) is 41.1 Å². The van der Waals surface area contributed by atoms with E-state index in [2.05, 4.69) is 15.3 Å². The van der Waals surface area contributed by atoms with Gasteiger partial charge in [-0.2, -0.15) is 4.39 Å². The van der Waals surface area contributed by atoms with Crippen molar-refractivity contribution in [1.82, 2.24) is 20.3 Å². The van der Waals surface area contributed by atoms with Crippen LogP contribution in [0.5, 0.6) is 11.5 Å². The van der Waals surface area contributed by atoms with Crippen LogP contribution in [0.15, 0.2) is 65.2 Å². The van der Waals surface area contributed by atoms with Gasteiger partial charge in [0.2, 0.25) is 11.9 Å². The van der Waals surface area contributed by atoms with E-state index in [0.717, 1.165) is 18.4 Å². The first-order chi connectivity index (χ1) is 22.2. The first kappa shape index (κ1) is 29.7. The second kappa shape index (κ2) is 11.4. The monoisotopic (exact) mass is 641 g/mol. The summed E-state index contributed by atoms with van der Waals surface area (Å²) in [6, 6.07) is 16.0. The maximum atomic E-state index is 14.5. The van der Waals surface area contributed by atoms with Crippen LogP contribution < -0.4 is 20.5 Å². The Morgan fingerprint density at radius 2 is 1.96 bits per heavy atom. The molecular weight excluding hydrogens is 613 g/mol. The fourth-order valence-corrected chi connectivity index (χ4v) is 5.95. The number of methoxy groups -OCH3 is 1. The van der Waals surface area contributed by atoms with Crippen molar-refractivity contribution in [2.75, 3.05) is 20.3 Å². The predicted molar refractivity (Wildman–Crippen MR) is 168 cm³/mol. The highest BCUT2D eigenvalue weighted by Crippen LogP contribution is 2.47. The number of halogens is 2. The highest BCUT2D eigenvalue weighted by atomic mass is 35.5. The number of nitrogens with two attached hydrogens (primary N) is 1. The van der Waals surface area contributed by atoms with E-state index in [9.17, 15) is 14.0 Å². The lowest BCUT2D eigenvalue weighted by atomic mass is 9.82. The summed E-state index contributed by atoms with van der Waals surface area (Å²) in [5, 5.41) is 2.79. The molecule has 12 heteroatoms. The first-order valence-corrected chi connectivity index (χ1v) is 15.2. The van der Waals surface area contributed by atoms with Crippen molar-refractivity contribution in [3.63, 3.8) is 0 Å². The highest BCUT2D eigenvalue weighted by molar-refractivity contribution is 6.33. The minimum Gasteiger partial charge on any atom is -0.494 e. The second-order valence-electron chi connectivity index (χ2n) is 11.7. The number of primary amides is 1. The molecule has 2 aliphatic rings. The quantitative estimate of drug-likeness (QED) is 0.196. The second-order valence-corrected chi connectivity index (χ2v) is 12.1. The molecule has 7 rings (SSSR count). The Bertz CT molecular complexity index is 2010. The predicted octanol–water partition coefficient (Wildman–Crippen LogP) is 5.66. The van der Waals surface area contributed by atoms with Gasteiger partial charge in [-0.1, -0.05) is 41.9 Å². The van der Waals surface area contributed by atoms with Crippen LogP contribution in [0.3, 0.4) is 0 Å². The lowest BCUT2D eigenvalue weighted by Gasteiger charge is -2.23. The van der Waals surface area contributed by atoms with E-state index in [1.807, 2.05) is 30.3 Å². The Morgan fingerprint density at radius 1 is 1.17 bits per heavy atom. The number of oxazole rings is 1. The minimum atomic E-state index is -1.19. The standard InChI is InChI=1S/C34H29ClFN5O5/c1-34(33(37)43)16-45-29-22(34)14-23(40-27(29)20-10-11-38-30(36)26(20)35)21(17-6-4-3-5-7-17)15-39-31(42)19-12-24(44-2)28-25(13-19)46-32(41-28)18-8-9-18/h3-7,10-14,18,21H,8-9,15-16H2,1-2H3,(H2,37,43)(H,39,42)/t21-,34-/m0/s1. The third-order valence-electron chi connectivity index (χ3n) is 8.65. The molecule has 234 valence electrons. The Morgan fingerprint density at radius 3 is 2.67 bits per heavy atom. The number of aromatic nitrogens is 3. The molecule has 1 aliphatic heterocycles. The van der Waals surface area contributed by atoms with Crippen LogP contribution in [-0.2, 0) is 10.2 Å². The van der Waals surface area contributed by atoms with Crippen molar-refractivity contribution in [3.05, 3.63) is 100 Å². The fourth-order valence-electron chi connectivity index (χ4n) is 5.75. The van der Waals surface area contributed by atoms with E-state index in [1.54, 1.807) is 25.1 Å². The van der Waals surface area contributed by atoms with Crippen molar-refractivity contribution in [1.29, 1.82) is 0 Å². The summed E-state index contributed by atoms with van der Waals surface area (Å²) >= 11 is 6.37. The molecule has 3 N–H and O–H groups in total. The number of nitrogens with one attached hydrogen (secondary N) is 1. The highest BCUT2D eigenvalue weighted by Gasteiger charge is 2.44. The van der Waals surface area contributed by atoms with E-state index in [4.69, 9.17) is 36.2 Å². The van der Waals surface area contributed by atoms with Crippen molar-refractivity contribution in [2.45, 2.75) is 37.0 Å². The molecule has 0 spiro atoms. The van der Waals surface area contributed by atoms with E-state index in [0.29, 0.717) is 45.5 Å². The lowest BCUT2D eigenvalue weighted by Crippen LogP contribution is -2.40. The molecule has 1 aliphatic carbocycles. The van der Waals surface area contributed by atoms with E-state index >= 15 is 0 Å². The number of pyridine rings is 2. The summed E-state index contributed by atoms with van der Waals surface area (Å²) in [6.07, 6.45) is 3.32. The Kier molecular flexibility index (Phi) is 7.35. The van der Waals surface area contributed by atoms with Gasteiger partial charge in [-0.05, 0) is 49.6 Å². The molecule has 10 nitrogen and oxygen atoms in total. The van der Waals surface area contributed by atoms with Gasteiger partial charge < -0.3 is 24.9 Å². The number of hydrogen-bond donors (Lipinski definition) is 2. The smallest absolute Gasteiger partial charge is 0.251 e. The van der Waals surface area contributed by atoms with Gasteiger partial charge in [-0.25, -0.2) is 15.0 Å². The van der Waals surface area contributed by atoms with Gasteiger partial charge in [-0.3, -0.25) is 9.59 Å². The zero-order valence-corrected chi connectivity index (χ0v) is 25.7.